The number of thiophene rings is 1. The lowest BCUT2D eigenvalue weighted by atomic mass is 10.1. The van der Waals surface area contributed by atoms with Crippen LogP contribution in [0, 0.1) is 11.2 Å². The predicted molar refractivity (Wildman–Crippen MR) is 83.1 cm³/mol. The maximum atomic E-state index is 14.0. The van der Waals surface area contributed by atoms with Gasteiger partial charge in [-0.25, -0.2) is 4.39 Å². The molecule has 2 aromatic rings. The molecule has 3 N–H and O–H groups in total. The summed E-state index contributed by atoms with van der Waals surface area (Å²) in [7, 11) is 0. The molecule has 2 rings (SSSR count). The Kier molecular flexibility index (Phi) is 4.39. The molecule has 1 aromatic carbocycles. The molecule has 1 aromatic heterocycles. The van der Waals surface area contributed by atoms with Gasteiger partial charge in [-0.2, -0.15) is 0 Å². The number of nitrogen functional groups attached to an aromatic ring is 1. The molecule has 0 bridgehead atoms. The van der Waals surface area contributed by atoms with E-state index in [-0.39, 0.29) is 17.4 Å². The number of nitrogens with zero attached hydrogens (tertiary/aromatic N) is 1. The highest BCUT2D eigenvalue weighted by Gasteiger charge is 2.19. The molecular formula is C15H18FN3S. The van der Waals surface area contributed by atoms with E-state index in [1.54, 1.807) is 17.4 Å². The summed E-state index contributed by atoms with van der Waals surface area (Å²) < 4.78 is 14.0. The van der Waals surface area contributed by atoms with Crippen molar-refractivity contribution in [2.75, 3.05) is 4.90 Å². The van der Waals surface area contributed by atoms with Gasteiger partial charge >= 0.3 is 0 Å². The van der Waals surface area contributed by atoms with Crippen LogP contribution in [0.3, 0.4) is 0 Å². The molecule has 20 heavy (non-hydrogen) atoms. The first-order valence-electron chi connectivity index (χ1n) is 6.42. The lowest BCUT2D eigenvalue weighted by Gasteiger charge is -2.30. The van der Waals surface area contributed by atoms with E-state index >= 15 is 0 Å². The third-order valence-corrected chi connectivity index (χ3v) is 3.96. The lowest BCUT2D eigenvalue weighted by Crippen LogP contribution is -2.32. The molecule has 0 aliphatic heterocycles. The van der Waals surface area contributed by atoms with E-state index in [0.29, 0.717) is 12.2 Å². The fourth-order valence-corrected chi connectivity index (χ4v) is 2.84. The number of anilines is 1. The second-order valence-electron chi connectivity index (χ2n) is 4.85. The Hall–Kier alpha value is -1.88. The van der Waals surface area contributed by atoms with E-state index in [4.69, 9.17) is 11.1 Å². The summed E-state index contributed by atoms with van der Waals surface area (Å²) in [6, 6.07) is 9.03. The summed E-state index contributed by atoms with van der Waals surface area (Å²) in [6.07, 6.45) is 0. The third kappa shape index (κ3) is 2.99. The Bertz CT molecular complexity index is 593. The van der Waals surface area contributed by atoms with Crippen LogP contribution in [0.5, 0.6) is 0 Å². The van der Waals surface area contributed by atoms with Crippen LogP contribution in [-0.2, 0) is 6.54 Å². The highest BCUT2D eigenvalue weighted by atomic mass is 32.1. The quantitative estimate of drug-likeness (QED) is 0.653. The summed E-state index contributed by atoms with van der Waals surface area (Å²) in [6.45, 7) is 4.77. The van der Waals surface area contributed by atoms with E-state index in [0.717, 1.165) is 0 Å². The average molecular weight is 291 g/mol. The second-order valence-corrected chi connectivity index (χ2v) is 5.88. The van der Waals surface area contributed by atoms with Crippen molar-refractivity contribution in [3.8, 4) is 0 Å². The molecule has 0 unspecified atom stereocenters. The maximum Gasteiger partial charge on any atom is 0.136 e. The number of nitrogens with two attached hydrogens (primary N) is 1. The van der Waals surface area contributed by atoms with Crippen molar-refractivity contribution < 1.29 is 4.39 Å². The summed E-state index contributed by atoms with van der Waals surface area (Å²) in [5.41, 5.74) is 6.39. The monoisotopic (exact) mass is 291 g/mol. The molecule has 0 aliphatic rings. The van der Waals surface area contributed by atoms with Crippen molar-refractivity contribution in [3.63, 3.8) is 0 Å². The van der Waals surface area contributed by atoms with E-state index < -0.39 is 5.82 Å². The summed E-state index contributed by atoms with van der Waals surface area (Å²) in [4.78, 5) is 3.25. The van der Waals surface area contributed by atoms with Gasteiger partial charge in [0.15, 0.2) is 0 Å². The summed E-state index contributed by atoms with van der Waals surface area (Å²) in [5, 5.41) is 9.63. The molecule has 0 aliphatic carbocycles. The van der Waals surface area contributed by atoms with Crippen molar-refractivity contribution in [1.29, 1.82) is 5.41 Å². The van der Waals surface area contributed by atoms with E-state index in [9.17, 15) is 4.39 Å². The molecule has 5 heteroatoms. The van der Waals surface area contributed by atoms with Crippen LogP contribution in [-0.4, -0.2) is 11.9 Å². The van der Waals surface area contributed by atoms with Crippen LogP contribution in [0.1, 0.15) is 24.3 Å². The topological polar surface area (TPSA) is 53.1 Å². The Morgan fingerprint density at radius 2 is 2.10 bits per heavy atom. The molecule has 0 amide bonds. The van der Waals surface area contributed by atoms with Gasteiger partial charge in [-0.05, 0) is 37.4 Å². The second kappa shape index (κ2) is 6.05. The van der Waals surface area contributed by atoms with Crippen molar-refractivity contribution in [2.45, 2.75) is 26.4 Å². The van der Waals surface area contributed by atoms with Gasteiger partial charge in [-0.15, -0.1) is 11.3 Å². The molecule has 0 spiro atoms. The Labute approximate surface area is 122 Å². The van der Waals surface area contributed by atoms with Gasteiger partial charge in [0.05, 0.1) is 17.8 Å². The van der Waals surface area contributed by atoms with E-state index in [1.165, 1.54) is 10.9 Å². The number of halogens is 1. The van der Waals surface area contributed by atoms with Crippen molar-refractivity contribution in [3.05, 3.63) is 52.0 Å². The first-order valence-corrected chi connectivity index (χ1v) is 7.30. The maximum absolute atomic E-state index is 14.0. The van der Waals surface area contributed by atoms with Crippen molar-refractivity contribution in [1.82, 2.24) is 0 Å². The van der Waals surface area contributed by atoms with Gasteiger partial charge in [-0.3, -0.25) is 5.41 Å². The Balaban J connectivity index is 2.44. The minimum atomic E-state index is -0.452. The first kappa shape index (κ1) is 14.5. The van der Waals surface area contributed by atoms with Crippen LogP contribution < -0.4 is 10.6 Å². The molecule has 0 atom stereocenters. The van der Waals surface area contributed by atoms with Gasteiger partial charge in [0.1, 0.15) is 11.7 Å². The number of rotatable bonds is 5. The number of hydrogen-bond acceptors (Lipinski definition) is 3. The highest BCUT2D eigenvalue weighted by Crippen LogP contribution is 2.27. The number of hydrogen-bond donors (Lipinski definition) is 2. The predicted octanol–water partition coefficient (Wildman–Crippen LogP) is 3.59. The van der Waals surface area contributed by atoms with Gasteiger partial charge in [-0.1, -0.05) is 12.1 Å². The molecule has 0 fully saturated rings. The minimum Gasteiger partial charge on any atom is -0.384 e. The van der Waals surface area contributed by atoms with E-state index in [2.05, 4.69) is 4.90 Å². The SMILES string of the molecule is CC(C)N(Cc1cccs1)c1cccc(F)c1C(=N)N. The Morgan fingerprint density at radius 3 is 2.65 bits per heavy atom. The first-order chi connectivity index (χ1) is 9.50. The largest absolute Gasteiger partial charge is 0.384 e. The van der Waals surface area contributed by atoms with Crippen LogP contribution in [0.15, 0.2) is 35.7 Å². The zero-order valence-electron chi connectivity index (χ0n) is 11.6. The zero-order chi connectivity index (χ0) is 14.7. The average Bonchev–Trinajstić information content (AvgIpc) is 2.87. The van der Waals surface area contributed by atoms with E-state index in [1.807, 2.05) is 37.4 Å². The van der Waals surface area contributed by atoms with Crippen molar-refractivity contribution >= 4 is 22.9 Å². The number of nitrogens with one attached hydrogen (secondary N) is 1. The molecule has 106 valence electrons. The Morgan fingerprint density at radius 1 is 1.35 bits per heavy atom. The zero-order valence-corrected chi connectivity index (χ0v) is 12.4. The smallest absolute Gasteiger partial charge is 0.136 e. The third-order valence-electron chi connectivity index (χ3n) is 3.10. The lowest BCUT2D eigenvalue weighted by molar-refractivity contribution is 0.619. The highest BCUT2D eigenvalue weighted by molar-refractivity contribution is 7.09. The molecule has 0 saturated heterocycles. The standard InChI is InChI=1S/C15H18FN3S/c1-10(2)19(9-11-5-4-8-20-11)13-7-3-6-12(16)14(13)15(17)18/h3-8,10H,9H2,1-2H3,(H3,17,18). The molecule has 0 saturated carbocycles. The fourth-order valence-electron chi connectivity index (χ4n) is 2.14. The van der Waals surface area contributed by atoms with Crippen LogP contribution in [0.4, 0.5) is 10.1 Å². The molecule has 0 radical (unpaired) electrons. The molecule has 1 heterocycles. The van der Waals surface area contributed by atoms with Gasteiger partial charge in [0.25, 0.3) is 0 Å². The van der Waals surface area contributed by atoms with Gasteiger partial charge in [0.2, 0.25) is 0 Å². The fraction of sp³-hybridized carbons (Fsp3) is 0.267. The van der Waals surface area contributed by atoms with Crippen LogP contribution in [0.25, 0.3) is 0 Å². The summed E-state index contributed by atoms with van der Waals surface area (Å²) in [5.74, 6) is -0.693. The normalized spacial score (nSPS) is 10.8. The van der Waals surface area contributed by atoms with Crippen LogP contribution in [0.2, 0.25) is 0 Å². The molecule has 3 nitrogen and oxygen atoms in total. The van der Waals surface area contributed by atoms with Crippen LogP contribution >= 0.6 is 11.3 Å². The number of benzene rings is 1. The van der Waals surface area contributed by atoms with Gasteiger partial charge < -0.3 is 10.6 Å². The minimum absolute atomic E-state index is 0.178. The van der Waals surface area contributed by atoms with Gasteiger partial charge in [0, 0.05) is 10.9 Å². The summed E-state index contributed by atoms with van der Waals surface area (Å²) >= 11 is 1.66. The molecular weight excluding hydrogens is 273 g/mol. The van der Waals surface area contributed by atoms with Crippen molar-refractivity contribution in [2.24, 2.45) is 5.73 Å². The number of amidine groups is 1.